The van der Waals surface area contributed by atoms with E-state index in [9.17, 15) is 9.59 Å². The number of benzene rings is 2. The second-order valence-electron chi connectivity index (χ2n) is 6.26. The number of carbonyl (C=O) groups excluding carboxylic acids is 1. The van der Waals surface area contributed by atoms with Crippen LogP contribution in [-0.2, 0) is 0 Å². The first-order chi connectivity index (χ1) is 12.7. The molecule has 2 aromatic carbocycles. The molecule has 0 aliphatic carbocycles. The molecule has 0 bridgehead atoms. The highest BCUT2D eigenvalue weighted by molar-refractivity contribution is 7.25. The molecule has 1 aromatic heterocycles. The zero-order chi connectivity index (χ0) is 18.5. The Morgan fingerprint density at radius 2 is 1.88 bits per heavy atom. The van der Waals surface area contributed by atoms with E-state index in [2.05, 4.69) is 24.1 Å². The van der Waals surface area contributed by atoms with Gasteiger partial charge in [-0.3, -0.25) is 9.59 Å². The van der Waals surface area contributed by atoms with Crippen LogP contribution in [-0.4, -0.2) is 37.4 Å². The lowest BCUT2D eigenvalue weighted by atomic mass is 10.1. The maximum atomic E-state index is 13.1. The van der Waals surface area contributed by atoms with E-state index in [-0.39, 0.29) is 5.43 Å². The van der Waals surface area contributed by atoms with Gasteiger partial charge in [-0.15, -0.1) is 11.3 Å². The zero-order valence-corrected chi connectivity index (χ0v) is 16.1. The summed E-state index contributed by atoms with van der Waals surface area (Å²) in [6.07, 6.45) is 1.83. The van der Waals surface area contributed by atoms with Gasteiger partial charge in [-0.05, 0) is 50.3 Å². The molecule has 1 N–H and O–H groups in total. The lowest BCUT2D eigenvalue weighted by molar-refractivity contribution is 0.112. The first-order valence-electron chi connectivity index (χ1n) is 9.09. The minimum absolute atomic E-state index is 0.00991. The fourth-order valence-electron chi connectivity index (χ4n) is 3.23. The van der Waals surface area contributed by atoms with Gasteiger partial charge in [0, 0.05) is 27.9 Å². The van der Waals surface area contributed by atoms with E-state index in [1.165, 1.54) is 11.3 Å². The molecule has 0 aliphatic heterocycles. The van der Waals surface area contributed by atoms with Gasteiger partial charge in [0.1, 0.15) is 0 Å². The number of rotatable bonds is 8. The predicted molar refractivity (Wildman–Crippen MR) is 112 cm³/mol. The molecule has 3 aromatic rings. The van der Waals surface area contributed by atoms with Crippen LogP contribution in [0.15, 0.2) is 41.2 Å². The van der Waals surface area contributed by atoms with E-state index in [0.717, 1.165) is 54.0 Å². The third-order valence-electron chi connectivity index (χ3n) is 4.75. The van der Waals surface area contributed by atoms with Crippen molar-refractivity contribution in [3.63, 3.8) is 0 Å². The molecule has 0 aliphatic rings. The van der Waals surface area contributed by atoms with Crippen LogP contribution in [0.25, 0.3) is 20.2 Å². The fourth-order valence-corrected chi connectivity index (χ4v) is 4.40. The van der Waals surface area contributed by atoms with Gasteiger partial charge in [0.15, 0.2) is 11.7 Å². The molecule has 1 heterocycles. The van der Waals surface area contributed by atoms with Gasteiger partial charge in [-0.2, -0.15) is 0 Å². The van der Waals surface area contributed by atoms with E-state index in [0.29, 0.717) is 16.3 Å². The Bertz CT molecular complexity index is 977. The van der Waals surface area contributed by atoms with Crippen molar-refractivity contribution < 1.29 is 4.79 Å². The van der Waals surface area contributed by atoms with E-state index < -0.39 is 0 Å². The minimum atomic E-state index is -0.00991. The molecular weight excluding hydrogens is 344 g/mol. The molecule has 0 unspecified atom stereocenters. The van der Waals surface area contributed by atoms with Gasteiger partial charge in [0.2, 0.25) is 0 Å². The van der Waals surface area contributed by atoms with Gasteiger partial charge in [-0.1, -0.05) is 26.0 Å². The van der Waals surface area contributed by atoms with Crippen LogP contribution < -0.4 is 10.7 Å². The van der Waals surface area contributed by atoms with Gasteiger partial charge in [0.25, 0.3) is 0 Å². The number of hydrogen-bond acceptors (Lipinski definition) is 5. The summed E-state index contributed by atoms with van der Waals surface area (Å²) >= 11 is 1.50. The average Bonchev–Trinajstić information content (AvgIpc) is 2.68. The van der Waals surface area contributed by atoms with Gasteiger partial charge in [-0.25, -0.2) is 0 Å². The lowest BCUT2D eigenvalue weighted by Crippen LogP contribution is -2.25. The zero-order valence-electron chi connectivity index (χ0n) is 15.2. The molecule has 0 saturated carbocycles. The van der Waals surface area contributed by atoms with Crippen molar-refractivity contribution in [1.82, 2.24) is 4.90 Å². The standard InChI is InChI=1S/C21H24N2O2S/c1-3-23(4-2)13-7-12-22-17-11-10-15(14-24)21-19(17)20(25)16-8-5-6-9-18(16)26-21/h5-6,8-11,14,22H,3-4,7,12-13H2,1-2H3. The highest BCUT2D eigenvalue weighted by Gasteiger charge is 2.13. The number of carbonyl (C=O) groups is 1. The summed E-state index contributed by atoms with van der Waals surface area (Å²) < 4.78 is 1.67. The largest absolute Gasteiger partial charge is 0.384 e. The minimum Gasteiger partial charge on any atom is -0.384 e. The second-order valence-corrected chi connectivity index (χ2v) is 7.31. The number of hydrogen-bond donors (Lipinski definition) is 1. The molecular formula is C21H24N2O2S. The number of nitrogens with zero attached hydrogens (tertiary/aromatic N) is 1. The van der Waals surface area contributed by atoms with Crippen LogP contribution >= 0.6 is 11.3 Å². The number of aldehydes is 1. The smallest absolute Gasteiger partial charge is 0.197 e. The maximum absolute atomic E-state index is 13.1. The van der Waals surface area contributed by atoms with Crippen molar-refractivity contribution in [3.05, 3.63) is 52.2 Å². The maximum Gasteiger partial charge on any atom is 0.197 e. The van der Waals surface area contributed by atoms with Crippen molar-refractivity contribution in [3.8, 4) is 0 Å². The third-order valence-corrected chi connectivity index (χ3v) is 5.97. The number of fused-ring (bicyclic) bond motifs is 2. The Morgan fingerprint density at radius 3 is 2.62 bits per heavy atom. The molecule has 4 nitrogen and oxygen atoms in total. The Labute approximate surface area is 157 Å². The van der Waals surface area contributed by atoms with E-state index >= 15 is 0 Å². The Morgan fingerprint density at radius 1 is 1.12 bits per heavy atom. The highest BCUT2D eigenvalue weighted by atomic mass is 32.1. The molecule has 136 valence electrons. The van der Waals surface area contributed by atoms with Crippen LogP contribution in [0.3, 0.4) is 0 Å². The average molecular weight is 369 g/mol. The van der Waals surface area contributed by atoms with Crippen molar-refractivity contribution in [2.75, 3.05) is 31.5 Å². The van der Waals surface area contributed by atoms with E-state index in [4.69, 9.17) is 0 Å². The molecule has 0 saturated heterocycles. The van der Waals surface area contributed by atoms with Crippen LogP contribution in [0.2, 0.25) is 0 Å². The second kappa shape index (κ2) is 8.43. The molecule has 0 radical (unpaired) electrons. The quantitative estimate of drug-likeness (QED) is 0.364. The van der Waals surface area contributed by atoms with E-state index in [1.807, 2.05) is 30.3 Å². The van der Waals surface area contributed by atoms with Crippen molar-refractivity contribution >= 4 is 43.5 Å². The summed E-state index contributed by atoms with van der Waals surface area (Å²) in [4.78, 5) is 26.9. The monoisotopic (exact) mass is 368 g/mol. The molecule has 0 spiro atoms. The topological polar surface area (TPSA) is 49.4 Å². The molecule has 0 amide bonds. The molecule has 0 fully saturated rings. The van der Waals surface area contributed by atoms with Crippen LogP contribution in [0, 0.1) is 0 Å². The first-order valence-corrected chi connectivity index (χ1v) is 9.91. The molecule has 26 heavy (non-hydrogen) atoms. The Kier molecular flexibility index (Phi) is 6.01. The Hall–Kier alpha value is -2.24. The van der Waals surface area contributed by atoms with Crippen LogP contribution in [0.4, 0.5) is 5.69 Å². The number of anilines is 1. The van der Waals surface area contributed by atoms with E-state index in [1.54, 1.807) is 6.07 Å². The van der Waals surface area contributed by atoms with Gasteiger partial charge < -0.3 is 10.2 Å². The van der Waals surface area contributed by atoms with Crippen molar-refractivity contribution in [2.24, 2.45) is 0 Å². The van der Waals surface area contributed by atoms with Crippen molar-refractivity contribution in [2.45, 2.75) is 20.3 Å². The summed E-state index contributed by atoms with van der Waals surface area (Å²) in [5.74, 6) is 0. The molecule has 5 heteroatoms. The molecule has 0 atom stereocenters. The predicted octanol–water partition coefficient (Wildman–Crippen LogP) is 4.37. The summed E-state index contributed by atoms with van der Waals surface area (Å²) in [7, 11) is 0. The van der Waals surface area contributed by atoms with Crippen LogP contribution in [0.1, 0.15) is 30.6 Å². The van der Waals surface area contributed by atoms with Crippen LogP contribution in [0.5, 0.6) is 0 Å². The highest BCUT2D eigenvalue weighted by Crippen LogP contribution is 2.31. The van der Waals surface area contributed by atoms with Gasteiger partial charge in [0.05, 0.1) is 10.1 Å². The molecule has 3 rings (SSSR count). The fraction of sp³-hybridized carbons (Fsp3) is 0.333. The van der Waals surface area contributed by atoms with Crippen molar-refractivity contribution in [1.29, 1.82) is 0 Å². The summed E-state index contributed by atoms with van der Waals surface area (Å²) in [6.45, 7) is 8.25. The Balaban J connectivity index is 1.97. The normalized spacial score (nSPS) is 11.3. The lowest BCUT2D eigenvalue weighted by Gasteiger charge is -2.18. The third kappa shape index (κ3) is 3.64. The summed E-state index contributed by atoms with van der Waals surface area (Å²) in [5.41, 5.74) is 1.38. The summed E-state index contributed by atoms with van der Waals surface area (Å²) in [6, 6.07) is 11.2. The summed E-state index contributed by atoms with van der Waals surface area (Å²) in [5, 5.41) is 4.75. The first kappa shape index (κ1) is 18.5. The van der Waals surface area contributed by atoms with Gasteiger partial charge >= 0.3 is 0 Å². The number of nitrogens with one attached hydrogen (secondary N) is 1. The SMILES string of the molecule is CCN(CC)CCCNc1ccc(C=O)c2sc3ccccc3c(=O)c12.